The third kappa shape index (κ3) is 2.78. The zero-order valence-corrected chi connectivity index (χ0v) is 12.7. The van der Waals surface area contributed by atoms with Crippen molar-refractivity contribution in [3.63, 3.8) is 0 Å². The quantitative estimate of drug-likeness (QED) is 0.889. The Balaban J connectivity index is 2.35. The number of aryl methyl sites for hydroxylation is 1. The molecule has 0 radical (unpaired) electrons. The van der Waals surface area contributed by atoms with Crippen LogP contribution >= 0.6 is 0 Å². The molecular weight excluding hydrogens is 238 g/mol. The van der Waals surface area contributed by atoms with Crippen LogP contribution in [-0.4, -0.2) is 23.4 Å². The largest absolute Gasteiger partial charge is 0.493 e. The van der Waals surface area contributed by atoms with Gasteiger partial charge in [-0.05, 0) is 24.8 Å². The summed E-state index contributed by atoms with van der Waals surface area (Å²) < 4.78 is 7.47. The maximum Gasteiger partial charge on any atom is 0.161 e. The van der Waals surface area contributed by atoms with E-state index in [4.69, 9.17) is 4.74 Å². The normalized spacial score (nSPS) is 20.2. The Morgan fingerprint density at radius 1 is 1.42 bits per heavy atom. The first kappa shape index (κ1) is 14.4. The van der Waals surface area contributed by atoms with Gasteiger partial charge in [0.2, 0.25) is 0 Å². The van der Waals surface area contributed by atoms with Crippen LogP contribution in [0.25, 0.3) is 0 Å². The van der Waals surface area contributed by atoms with E-state index < -0.39 is 0 Å². The molecule has 1 atom stereocenters. The SMILES string of the molecule is CCNC(c1c(OC)cnn1C)C1(C)CCCCC1. The highest BCUT2D eigenvalue weighted by Gasteiger charge is 2.39. The number of rotatable bonds is 5. The third-order valence-corrected chi connectivity index (χ3v) is 4.54. The molecule has 1 aliphatic rings. The third-order valence-electron chi connectivity index (χ3n) is 4.54. The van der Waals surface area contributed by atoms with Gasteiger partial charge in [0.25, 0.3) is 0 Å². The van der Waals surface area contributed by atoms with Gasteiger partial charge in [-0.1, -0.05) is 33.1 Å². The smallest absolute Gasteiger partial charge is 0.161 e. The van der Waals surface area contributed by atoms with Crippen LogP contribution in [0.15, 0.2) is 6.20 Å². The molecule has 1 fully saturated rings. The minimum absolute atomic E-state index is 0.301. The van der Waals surface area contributed by atoms with E-state index in [2.05, 4.69) is 24.3 Å². The molecule has 1 N–H and O–H groups in total. The van der Waals surface area contributed by atoms with Crippen LogP contribution in [-0.2, 0) is 7.05 Å². The average Bonchev–Trinajstić information content (AvgIpc) is 2.77. The first-order valence-electron chi connectivity index (χ1n) is 7.41. The molecule has 1 saturated carbocycles. The summed E-state index contributed by atoms with van der Waals surface area (Å²) in [5.74, 6) is 0.903. The minimum Gasteiger partial charge on any atom is -0.493 e. The Labute approximate surface area is 116 Å². The van der Waals surface area contributed by atoms with Crippen molar-refractivity contribution in [3.8, 4) is 5.75 Å². The van der Waals surface area contributed by atoms with Crippen molar-refractivity contribution >= 4 is 0 Å². The van der Waals surface area contributed by atoms with Crippen LogP contribution in [0.4, 0.5) is 0 Å². The Morgan fingerprint density at radius 3 is 2.68 bits per heavy atom. The number of hydrogen-bond donors (Lipinski definition) is 1. The molecule has 1 aromatic heterocycles. The molecule has 1 unspecified atom stereocenters. The number of nitrogens with zero attached hydrogens (tertiary/aromatic N) is 2. The number of hydrogen-bond acceptors (Lipinski definition) is 3. The molecule has 0 aliphatic heterocycles. The van der Waals surface area contributed by atoms with Crippen molar-refractivity contribution in [2.45, 2.75) is 52.0 Å². The van der Waals surface area contributed by atoms with Crippen molar-refractivity contribution in [2.75, 3.05) is 13.7 Å². The molecule has 1 aliphatic carbocycles. The molecule has 0 amide bonds. The highest BCUT2D eigenvalue weighted by atomic mass is 16.5. The lowest BCUT2D eigenvalue weighted by molar-refractivity contribution is 0.138. The average molecular weight is 265 g/mol. The fourth-order valence-electron chi connectivity index (χ4n) is 3.44. The maximum atomic E-state index is 5.51. The highest BCUT2D eigenvalue weighted by Crippen LogP contribution is 2.47. The van der Waals surface area contributed by atoms with Crippen molar-refractivity contribution in [1.29, 1.82) is 0 Å². The van der Waals surface area contributed by atoms with Crippen LogP contribution in [0.5, 0.6) is 5.75 Å². The maximum absolute atomic E-state index is 5.51. The van der Waals surface area contributed by atoms with Crippen LogP contribution in [0, 0.1) is 5.41 Å². The van der Waals surface area contributed by atoms with Crippen LogP contribution in [0.1, 0.15) is 57.7 Å². The van der Waals surface area contributed by atoms with E-state index in [-0.39, 0.29) is 0 Å². The van der Waals surface area contributed by atoms with Gasteiger partial charge in [-0.25, -0.2) is 0 Å². The van der Waals surface area contributed by atoms with Crippen molar-refractivity contribution in [3.05, 3.63) is 11.9 Å². The molecular formula is C15H27N3O. The topological polar surface area (TPSA) is 39.1 Å². The summed E-state index contributed by atoms with van der Waals surface area (Å²) >= 11 is 0. The fourth-order valence-corrected chi connectivity index (χ4v) is 3.44. The summed E-state index contributed by atoms with van der Waals surface area (Å²) in [6.45, 7) is 5.54. The van der Waals surface area contributed by atoms with Crippen molar-refractivity contribution < 1.29 is 4.74 Å². The summed E-state index contributed by atoms with van der Waals surface area (Å²) in [7, 11) is 3.74. The van der Waals surface area contributed by atoms with E-state index >= 15 is 0 Å². The second kappa shape index (κ2) is 5.95. The van der Waals surface area contributed by atoms with E-state index in [1.54, 1.807) is 7.11 Å². The zero-order valence-electron chi connectivity index (χ0n) is 12.7. The molecule has 0 spiro atoms. The predicted octanol–water partition coefficient (Wildman–Crippen LogP) is 3.05. The number of methoxy groups -OCH3 is 1. The molecule has 4 heteroatoms. The number of nitrogens with one attached hydrogen (secondary N) is 1. The second-order valence-corrected chi connectivity index (χ2v) is 5.93. The van der Waals surface area contributed by atoms with Crippen LogP contribution < -0.4 is 10.1 Å². The van der Waals surface area contributed by atoms with Gasteiger partial charge in [0.05, 0.1) is 25.0 Å². The summed E-state index contributed by atoms with van der Waals surface area (Å²) in [5, 5.41) is 8.04. The van der Waals surface area contributed by atoms with E-state index in [1.807, 2.05) is 17.9 Å². The lowest BCUT2D eigenvalue weighted by Crippen LogP contribution is -2.39. The molecule has 4 nitrogen and oxygen atoms in total. The van der Waals surface area contributed by atoms with Gasteiger partial charge in [-0.15, -0.1) is 0 Å². The Bertz CT molecular complexity index is 408. The molecule has 108 valence electrons. The molecule has 0 saturated heterocycles. The lowest BCUT2D eigenvalue weighted by Gasteiger charge is -2.41. The first-order chi connectivity index (χ1) is 9.12. The Morgan fingerprint density at radius 2 is 2.11 bits per heavy atom. The summed E-state index contributed by atoms with van der Waals surface area (Å²) in [6, 6.07) is 0.320. The monoisotopic (exact) mass is 265 g/mol. The van der Waals surface area contributed by atoms with E-state index in [0.29, 0.717) is 11.5 Å². The van der Waals surface area contributed by atoms with Gasteiger partial charge in [-0.3, -0.25) is 4.68 Å². The van der Waals surface area contributed by atoms with E-state index in [9.17, 15) is 0 Å². The lowest BCUT2D eigenvalue weighted by atomic mass is 9.69. The van der Waals surface area contributed by atoms with Gasteiger partial charge in [0, 0.05) is 7.05 Å². The van der Waals surface area contributed by atoms with Gasteiger partial charge in [0.1, 0.15) is 0 Å². The standard InChI is InChI=1S/C15H27N3O/c1-5-16-14(15(2)9-7-6-8-10-15)13-12(19-4)11-17-18(13)3/h11,14,16H,5-10H2,1-4H3. The summed E-state index contributed by atoms with van der Waals surface area (Å²) in [4.78, 5) is 0. The molecule has 2 rings (SSSR count). The van der Waals surface area contributed by atoms with E-state index in [0.717, 1.165) is 12.3 Å². The zero-order chi connectivity index (χ0) is 13.9. The summed E-state index contributed by atoms with van der Waals surface area (Å²) in [6.07, 6.45) is 8.41. The van der Waals surface area contributed by atoms with Gasteiger partial charge in [0.15, 0.2) is 5.75 Å². The predicted molar refractivity (Wildman–Crippen MR) is 77.4 cm³/mol. The minimum atomic E-state index is 0.301. The van der Waals surface area contributed by atoms with Crippen molar-refractivity contribution in [1.82, 2.24) is 15.1 Å². The number of aromatic nitrogens is 2. The molecule has 19 heavy (non-hydrogen) atoms. The fraction of sp³-hybridized carbons (Fsp3) is 0.800. The second-order valence-electron chi connectivity index (χ2n) is 5.93. The summed E-state index contributed by atoms with van der Waals surface area (Å²) in [5.41, 5.74) is 1.49. The highest BCUT2D eigenvalue weighted by molar-refractivity contribution is 5.30. The van der Waals surface area contributed by atoms with Gasteiger partial charge in [-0.2, -0.15) is 5.10 Å². The Hall–Kier alpha value is -1.03. The van der Waals surface area contributed by atoms with Crippen molar-refractivity contribution in [2.24, 2.45) is 12.5 Å². The van der Waals surface area contributed by atoms with E-state index in [1.165, 1.54) is 37.8 Å². The van der Waals surface area contributed by atoms with Gasteiger partial charge >= 0.3 is 0 Å². The first-order valence-corrected chi connectivity index (χ1v) is 7.41. The Kier molecular flexibility index (Phi) is 4.50. The number of ether oxygens (including phenoxy) is 1. The molecule has 0 aromatic carbocycles. The molecule has 1 heterocycles. The van der Waals surface area contributed by atoms with Gasteiger partial charge < -0.3 is 10.1 Å². The molecule has 1 aromatic rings. The molecule has 0 bridgehead atoms. The van der Waals surface area contributed by atoms with Crippen LogP contribution in [0.3, 0.4) is 0 Å². The van der Waals surface area contributed by atoms with Crippen LogP contribution in [0.2, 0.25) is 0 Å².